The van der Waals surface area contributed by atoms with Gasteiger partial charge in [-0.1, -0.05) is 11.6 Å². The number of aliphatic hydroxyl groups excluding tert-OH is 1. The van der Waals surface area contributed by atoms with Gasteiger partial charge in [0.05, 0.1) is 18.1 Å². The fourth-order valence-electron chi connectivity index (χ4n) is 2.09. The molecule has 1 amide bonds. The molecular formula is C13H16ClN3O4. The molecule has 0 saturated heterocycles. The minimum absolute atomic E-state index is 0.0229. The van der Waals surface area contributed by atoms with Crippen LogP contribution >= 0.6 is 11.6 Å². The summed E-state index contributed by atoms with van der Waals surface area (Å²) >= 11 is 5.72. The van der Waals surface area contributed by atoms with Crippen LogP contribution in [0.5, 0.6) is 0 Å². The number of hydrogen-bond donors (Lipinski definition) is 2. The van der Waals surface area contributed by atoms with Gasteiger partial charge in [0.2, 0.25) is 5.91 Å². The van der Waals surface area contributed by atoms with E-state index in [9.17, 15) is 14.9 Å². The number of nitro benzene ring substituents is 1. The summed E-state index contributed by atoms with van der Waals surface area (Å²) < 4.78 is 0. The van der Waals surface area contributed by atoms with Gasteiger partial charge in [0.15, 0.2) is 0 Å². The van der Waals surface area contributed by atoms with Crippen LogP contribution in [0.15, 0.2) is 18.2 Å². The molecule has 1 aliphatic rings. The largest absolute Gasteiger partial charge is 0.395 e. The minimum Gasteiger partial charge on any atom is -0.395 e. The number of rotatable bonds is 7. The molecule has 0 unspecified atom stereocenters. The first kappa shape index (κ1) is 15.7. The Balaban J connectivity index is 2.03. The number of hydrogen-bond acceptors (Lipinski definition) is 5. The average Bonchev–Trinajstić information content (AvgIpc) is 3.24. The third-order valence-corrected chi connectivity index (χ3v) is 3.46. The van der Waals surface area contributed by atoms with Crippen molar-refractivity contribution in [3.8, 4) is 0 Å². The molecule has 0 radical (unpaired) electrons. The topological polar surface area (TPSA) is 95.7 Å². The maximum absolute atomic E-state index is 12.0. The Morgan fingerprint density at radius 3 is 2.81 bits per heavy atom. The number of nitrogens with one attached hydrogen (secondary N) is 1. The quantitative estimate of drug-likeness (QED) is 0.589. The van der Waals surface area contributed by atoms with Crippen molar-refractivity contribution >= 4 is 28.9 Å². The van der Waals surface area contributed by atoms with Crippen LogP contribution in [0.3, 0.4) is 0 Å². The van der Waals surface area contributed by atoms with Crippen LogP contribution in [0.25, 0.3) is 0 Å². The summed E-state index contributed by atoms with van der Waals surface area (Å²) in [5, 5.41) is 22.7. The van der Waals surface area contributed by atoms with E-state index in [0.717, 1.165) is 12.8 Å². The normalized spacial score (nSPS) is 14.2. The van der Waals surface area contributed by atoms with Gasteiger partial charge >= 0.3 is 0 Å². The molecule has 0 spiro atoms. The van der Waals surface area contributed by atoms with Gasteiger partial charge in [-0.05, 0) is 25.0 Å². The van der Waals surface area contributed by atoms with E-state index < -0.39 is 4.92 Å². The summed E-state index contributed by atoms with van der Waals surface area (Å²) in [6.07, 6.45) is 2.02. The number of anilines is 1. The molecule has 7 nitrogen and oxygen atoms in total. The molecule has 1 aliphatic carbocycles. The number of aliphatic hydroxyl groups is 1. The molecular weight excluding hydrogens is 298 g/mol. The Labute approximate surface area is 126 Å². The summed E-state index contributed by atoms with van der Waals surface area (Å²) in [5.41, 5.74) is -0.120. The molecule has 2 rings (SSSR count). The fourth-order valence-corrected chi connectivity index (χ4v) is 2.26. The molecule has 0 aromatic heterocycles. The van der Waals surface area contributed by atoms with Crippen LogP contribution in [0.4, 0.5) is 11.4 Å². The molecule has 1 aromatic rings. The maximum atomic E-state index is 12.0. The highest BCUT2D eigenvalue weighted by Crippen LogP contribution is 2.29. The second-order valence-corrected chi connectivity index (χ2v) is 5.33. The second kappa shape index (κ2) is 6.84. The summed E-state index contributed by atoms with van der Waals surface area (Å²) in [6, 6.07) is 4.41. The van der Waals surface area contributed by atoms with Gasteiger partial charge in [0.25, 0.3) is 5.69 Å². The van der Waals surface area contributed by atoms with E-state index in [-0.39, 0.29) is 35.5 Å². The van der Waals surface area contributed by atoms with Gasteiger partial charge in [-0.2, -0.15) is 0 Å². The molecule has 2 N–H and O–H groups in total. The zero-order valence-electron chi connectivity index (χ0n) is 11.3. The lowest BCUT2D eigenvalue weighted by Crippen LogP contribution is -2.36. The van der Waals surface area contributed by atoms with Gasteiger partial charge in [0, 0.05) is 23.7 Å². The monoisotopic (exact) mass is 313 g/mol. The lowest BCUT2D eigenvalue weighted by atomic mass is 10.2. The van der Waals surface area contributed by atoms with E-state index in [1.807, 2.05) is 4.90 Å². The number of benzene rings is 1. The molecule has 0 heterocycles. The first-order chi connectivity index (χ1) is 10.0. The summed E-state index contributed by atoms with van der Waals surface area (Å²) in [7, 11) is 0. The Kier molecular flexibility index (Phi) is 5.11. The zero-order valence-corrected chi connectivity index (χ0v) is 12.0. The molecule has 114 valence electrons. The summed E-state index contributed by atoms with van der Waals surface area (Å²) in [4.78, 5) is 24.2. The predicted octanol–water partition coefficient (Wildman–Crippen LogP) is 1.64. The number of carbonyl (C=O) groups excluding carboxylic acids is 1. The molecule has 1 fully saturated rings. The molecule has 1 saturated carbocycles. The van der Waals surface area contributed by atoms with Crippen LogP contribution in [0.1, 0.15) is 12.8 Å². The molecule has 21 heavy (non-hydrogen) atoms. The number of halogens is 1. The SMILES string of the molecule is O=C(CN(CCO)C1CC1)Nc1ccc(Cl)cc1[N+](=O)[O-]. The van der Waals surface area contributed by atoms with Gasteiger partial charge in [-0.15, -0.1) is 0 Å². The lowest BCUT2D eigenvalue weighted by molar-refractivity contribution is -0.383. The Morgan fingerprint density at radius 2 is 2.24 bits per heavy atom. The molecule has 8 heteroatoms. The minimum atomic E-state index is -0.589. The van der Waals surface area contributed by atoms with Crippen LogP contribution < -0.4 is 5.32 Å². The van der Waals surface area contributed by atoms with E-state index >= 15 is 0 Å². The van der Waals surface area contributed by atoms with Gasteiger partial charge in [-0.25, -0.2) is 0 Å². The van der Waals surface area contributed by atoms with E-state index in [1.54, 1.807) is 0 Å². The van der Waals surface area contributed by atoms with Crippen molar-refractivity contribution in [2.45, 2.75) is 18.9 Å². The number of nitro groups is 1. The standard InChI is InChI=1S/C13H16ClN3O4/c14-9-1-4-11(12(7-9)17(20)21)15-13(19)8-16(5-6-18)10-2-3-10/h1,4,7,10,18H,2-3,5-6,8H2,(H,15,19). The van der Waals surface area contributed by atoms with Crippen molar-refractivity contribution in [3.63, 3.8) is 0 Å². The van der Waals surface area contributed by atoms with Crippen molar-refractivity contribution in [1.82, 2.24) is 4.90 Å². The highest BCUT2D eigenvalue weighted by molar-refractivity contribution is 6.31. The Morgan fingerprint density at radius 1 is 1.52 bits per heavy atom. The van der Waals surface area contributed by atoms with E-state index in [1.165, 1.54) is 18.2 Å². The van der Waals surface area contributed by atoms with Crippen LogP contribution in [-0.2, 0) is 4.79 Å². The average molecular weight is 314 g/mol. The second-order valence-electron chi connectivity index (χ2n) is 4.89. The molecule has 0 aliphatic heterocycles. The first-order valence-electron chi connectivity index (χ1n) is 6.60. The van der Waals surface area contributed by atoms with Crippen LogP contribution in [-0.4, -0.2) is 46.6 Å². The van der Waals surface area contributed by atoms with E-state index in [0.29, 0.717) is 12.6 Å². The summed E-state index contributed by atoms with van der Waals surface area (Å²) in [5.74, 6) is -0.347. The van der Waals surface area contributed by atoms with Crippen molar-refractivity contribution in [2.75, 3.05) is 25.0 Å². The number of carbonyl (C=O) groups is 1. The Hall–Kier alpha value is -1.70. The number of nitrogens with zero attached hydrogens (tertiary/aromatic N) is 2. The van der Waals surface area contributed by atoms with E-state index in [2.05, 4.69) is 5.32 Å². The van der Waals surface area contributed by atoms with Crippen molar-refractivity contribution in [1.29, 1.82) is 0 Å². The van der Waals surface area contributed by atoms with Crippen LogP contribution in [0.2, 0.25) is 5.02 Å². The zero-order chi connectivity index (χ0) is 15.4. The highest BCUT2D eigenvalue weighted by atomic mass is 35.5. The predicted molar refractivity (Wildman–Crippen MR) is 78.4 cm³/mol. The van der Waals surface area contributed by atoms with Crippen LogP contribution in [0, 0.1) is 10.1 Å². The Bertz CT molecular complexity index is 548. The maximum Gasteiger partial charge on any atom is 0.294 e. The first-order valence-corrected chi connectivity index (χ1v) is 6.97. The van der Waals surface area contributed by atoms with Gasteiger partial charge in [0.1, 0.15) is 5.69 Å². The fraction of sp³-hybridized carbons (Fsp3) is 0.462. The van der Waals surface area contributed by atoms with E-state index in [4.69, 9.17) is 16.7 Å². The molecule has 0 atom stereocenters. The highest BCUT2D eigenvalue weighted by Gasteiger charge is 2.30. The van der Waals surface area contributed by atoms with Gasteiger partial charge in [-0.3, -0.25) is 19.8 Å². The number of amides is 1. The third-order valence-electron chi connectivity index (χ3n) is 3.23. The smallest absolute Gasteiger partial charge is 0.294 e. The van der Waals surface area contributed by atoms with Crippen molar-refractivity contribution in [2.24, 2.45) is 0 Å². The van der Waals surface area contributed by atoms with Crippen molar-refractivity contribution in [3.05, 3.63) is 33.3 Å². The lowest BCUT2D eigenvalue weighted by Gasteiger charge is -2.19. The molecule has 0 bridgehead atoms. The molecule has 1 aromatic carbocycles. The summed E-state index contributed by atoms with van der Waals surface area (Å²) in [6.45, 7) is 0.497. The van der Waals surface area contributed by atoms with Gasteiger partial charge < -0.3 is 10.4 Å². The third kappa shape index (κ3) is 4.38. The van der Waals surface area contributed by atoms with Crippen molar-refractivity contribution < 1.29 is 14.8 Å².